The van der Waals surface area contributed by atoms with Crippen LogP contribution in [-0.4, -0.2) is 18.9 Å². The van der Waals surface area contributed by atoms with Crippen molar-refractivity contribution in [3.8, 4) is 5.75 Å². The van der Waals surface area contributed by atoms with Crippen LogP contribution in [0.5, 0.6) is 5.75 Å². The minimum Gasteiger partial charge on any atom is -0.496 e. The SMILES string of the molecule is COc1ccccc1CNC(=O)C1(C(=O)Nc2cccc(C)c2)CC1. The summed E-state index contributed by atoms with van der Waals surface area (Å²) in [7, 11) is 1.60. The molecule has 2 aromatic carbocycles. The molecule has 0 bridgehead atoms. The summed E-state index contributed by atoms with van der Waals surface area (Å²) in [6.07, 6.45) is 1.14. The Morgan fingerprint density at radius 3 is 2.52 bits per heavy atom. The molecule has 5 heteroatoms. The minimum atomic E-state index is -0.953. The number of carbonyl (C=O) groups is 2. The van der Waals surface area contributed by atoms with E-state index in [1.807, 2.05) is 55.5 Å². The maximum absolute atomic E-state index is 12.6. The summed E-state index contributed by atoms with van der Waals surface area (Å²) < 4.78 is 5.29. The van der Waals surface area contributed by atoms with Gasteiger partial charge in [0.05, 0.1) is 7.11 Å². The normalized spacial score (nSPS) is 14.5. The van der Waals surface area contributed by atoms with Crippen molar-refractivity contribution >= 4 is 17.5 Å². The fourth-order valence-electron chi connectivity index (χ4n) is 2.85. The molecule has 1 aliphatic rings. The summed E-state index contributed by atoms with van der Waals surface area (Å²) >= 11 is 0. The largest absolute Gasteiger partial charge is 0.496 e. The highest BCUT2D eigenvalue weighted by molar-refractivity contribution is 6.13. The van der Waals surface area contributed by atoms with Crippen LogP contribution in [0.4, 0.5) is 5.69 Å². The number of para-hydroxylation sites is 1. The summed E-state index contributed by atoms with van der Waals surface area (Å²) in [5.41, 5.74) is 1.71. The second-order valence-corrected chi connectivity index (χ2v) is 6.40. The first kappa shape index (κ1) is 17.0. The molecular formula is C20H22N2O3. The first-order valence-electron chi connectivity index (χ1n) is 8.33. The number of anilines is 1. The Labute approximate surface area is 147 Å². The summed E-state index contributed by atoms with van der Waals surface area (Å²) in [6.45, 7) is 2.30. The Morgan fingerprint density at radius 1 is 1.08 bits per heavy atom. The first-order valence-corrected chi connectivity index (χ1v) is 8.33. The monoisotopic (exact) mass is 338 g/mol. The van der Waals surface area contributed by atoms with Gasteiger partial charge in [-0.1, -0.05) is 30.3 Å². The van der Waals surface area contributed by atoms with Crippen LogP contribution in [0, 0.1) is 12.3 Å². The van der Waals surface area contributed by atoms with E-state index in [0.717, 1.165) is 16.9 Å². The summed E-state index contributed by atoms with van der Waals surface area (Å²) in [5, 5.41) is 5.74. The van der Waals surface area contributed by atoms with Gasteiger partial charge in [0, 0.05) is 17.8 Å². The van der Waals surface area contributed by atoms with E-state index >= 15 is 0 Å². The van der Waals surface area contributed by atoms with Crippen molar-refractivity contribution in [2.45, 2.75) is 26.3 Å². The van der Waals surface area contributed by atoms with Gasteiger partial charge in [0.2, 0.25) is 11.8 Å². The van der Waals surface area contributed by atoms with E-state index < -0.39 is 5.41 Å². The molecule has 0 radical (unpaired) electrons. The van der Waals surface area contributed by atoms with Gasteiger partial charge in [-0.2, -0.15) is 0 Å². The molecule has 0 heterocycles. The van der Waals surface area contributed by atoms with E-state index in [1.54, 1.807) is 7.11 Å². The smallest absolute Gasteiger partial charge is 0.240 e. The lowest BCUT2D eigenvalue weighted by molar-refractivity contribution is -0.134. The highest BCUT2D eigenvalue weighted by Gasteiger charge is 2.56. The first-order chi connectivity index (χ1) is 12.0. The zero-order valence-electron chi connectivity index (χ0n) is 14.5. The third kappa shape index (κ3) is 3.65. The van der Waals surface area contributed by atoms with Crippen LogP contribution in [0.3, 0.4) is 0 Å². The molecule has 0 unspecified atom stereocenters. The zero-order chi connectivity index (χ0) is 17.9. The predicted octanol–water partition coefficient (Wildman–Crippen LogP) is 3.04. The van der Waals surface area contributed by atoms with Gasteiger partial charge in [-0.05, 0) is 43.5 Å². The summed E-state index contributed by atoms with van der Waals surface area (Å²) in [5.74, 6) is 0.246. The number of carbonyl (C=O) groups excluding carboxylic acids is 2. The molecule has 2 amide bonds. The van der Waals surface area contributed by atoms with Crippen molar-refractivity contribution in [1.82, 2.24) is 5.32 Å². The third-order valence-electron chi connectivity index (χ3n) is 4.53. The number of methoxy groups -OCH3 is 1. The van der Waals surface area contributed by atoms with Gasteiger partial charge in [-0.15, -0.1) is 0 Å². The number of hydrogen-bond donors (Lipinski definition) is 2. The second-order valence-electron chi connectivity index (χ2n) is 6.40. The number of nitrogens with one attached hydrogen (secondary N) is 2. The molecule has 5 nitrogen and oxygen atoms in total. The number of aryl methyl sites for hydroxylation is 1. The highest BCUT2D eigenvalue weighted by Crippen LogP contribution is 2.47. The molecule has 3 rings (SSSR count). The van der Waals surface area contributed by atoms with Gasteiger partial charge in [0.25, 0.3) is 0 Å². The van der Waals surface area contributed by atoms with Crippen LogP contribution in [-0.2, 0) is 16.1 Å². The maximum Gasteiger partial charge on any atom is 0.240 e. The van der Waals surface area contributed by atoms with Gasteiger partial charge in [0.15, 0.2) is 0 Å². The Hall–Kier alpha value is -2.82. The molecule has 0 spiro atoms. The number of rotatable bonds is 6. The molecule has 2 N–H and O–H groups in total. The number of ether oxygens (including phenoxy) is 1. The fraction of sp³-hybridized carbons (Fsp3) is 0.300. The van der Waals surface area contributed by atoms with E-state index in [4.69, 9.17) is 4.74 Å². The highest BCUT2D eigenvalue weighted by atomic mass is 16.5. The van der Waals surface area contributed by atoms with Crippen LogP contribution in [0.2, 0.25) is 0 Å². The van der Waals surface area contributed by atoms with Crippen molar-refractivity contribution in [2.75, 3.05) is 12.4 Å². The Bertz CT molecular complexity index is 797. The van der Waals surface area contributed by atoms with Crippen molar-refractivity contribution in [1.29, 1.82) is 0 Å². The number of amides is 2. The topological polar surface area (TPSA) is 67.4 Å². The molecule has 0 aromatic heterocycles. The van der Waals surface area contributed by atoms with E-state index in [1.165, 1.54) is 0 Å². The summed E-state index contributed by atoms with van der Waals surface area (Å²) in [4.78, 5) is 25.2. The number of benzene rings is 2. The molecule has 1 aliphatic carbocycles. The molecule has 130 valence electrons. The van der Waals surface area contributed by atoms with Crippen LogP contribution >= 0.6 is 0 Å². The quantitative estimate of drug-likeness (QED) is 0.796. The predicted molar refractivity (Wildman–Crippen MR) is 96.3 cm³/mol. The van der Waals surface area contributed by atoms with Gasteiger partial charge in [0.1, 0.15) is 11.2 Å². The lowest BCUT2D eigenvalue weighted by Gasteiger charge is -2.16. The van der Waals surface area contributed by atoms with Crippen LogP contribution < -0.4 is 15.4 Å². The van der Waals surface area contributed by atoms with E-state index in [-0.39, 0.29) is 11.8 Å². The molecule has 1 fully saturated rings. The average Bonchev–Trinajstić information content (AvgIpc) is 3.42. The lowest BCUT2D eigenvalue weighted by atomic mass is 10.0. The molecule has 0 atom stereocenters. The Kier molecular flexibility index (Phi) is 4.74. The minimum absolute atomic E-state index is 0.233. The molecule has 0 aliphatic heterocycles. The maximum atomic E-state index is 12.6. The zero-order valence-corrected chi connectivity index (χ0v) is 14.5. The Morgan fingerprint density at radius 2 is 1.84 bits per heavy atom. The van der Waals surface area contributed by atoms with Gasteiger partial charge in [-0.25, -0.2) is 0 Å². The van der Waals surface area contributed by atoms with Crippen molar-refractivity contribution in [2.24, 2.45) is 5.41 Å². The van der Waals surface area contributed by atoms with Crippen molar-refractivity contribution in [3.05, 3.63) is 59.7 Å². The Balaban J connectivity index is 1.64. The van der Waals surface area contributed by atoms with Crippen LogP contribution in [0.1, 0.15) is 24.0 Å². The van der Waals surface area contributed by atoms with Crippen LogP contribution in [0.25, 0.3) is 0 Å². The van der Waals surface area contributed by atoms with Gasteiger partial charge < -0.3 is 15.4 Å². The second kappa shape index (κ2) is 6.97. The molecule has 0 saturated heterocycles. The van der Waals surface area contributed by atoms with Gasteiger partial charge >= 0.3 is 0 Å². The molecule has 2 aromatic rings. The van der Waals surface area contributed by atoms with E-state index in [0.29, 0.717) is 25.1 Å². The number of hydrogen-bond acceptors (Lipinski definition) is 3. The van der Waals surface area contributed by atoms with E-state index in [9.17, 15) is 9.59 Å². The lowest BCUT2D eigenvalue weighted by Crippen LogP contribution is -2.39. The summed E-state index contributed by atoms with van der Waals surface area (Å²) in [6, 6.07) is 15.1. The van der Waals surface area contributed by atoms with Crippen molar-refractivity contribution in [3.63, 3.8) is 0 Å². The molecule has 1 saturated carbocycles. The molecule has 25 heavy (non-hydrogen) atoms. The standard InChI is InChI=1S/C20H22N2O3/c1-14-6-5-8-16(12-14)22-19(24)20(10-11-20)18(23)21-13-15-7-3-4-9-17(15)25-2/h3-9,12H,10-11,13H2,1-2H3,(H,21,23)(H,22,24). The van der Waals surface area contributed by atoms with Crippen LogP contribution in [0.15, 0.2) is 48.5 Å². The molecular weight excluding hydrogens is 316 g/mol. The fourth-order valence-corrected chi connectivity index (χ4v) is 2.85. The average molecular weight is 338 g/mol. The van der Waals surface area contributed by atoms with Crippen molar-refractivity contribution < 1.29 is 14.3 Å². The third-order valence-corrected chi connectivity index (χ3v) is 4.53. The van der Waals surface area contributed by atoms with Gasteiger partial charge in [-0.3, -0.25) is 9.59 Å². The van der Waals surface area contributed by atoms with E-state index in [2.05, 4.69) is 10.6 Å².